The van der Waals surface area contributed by atoms with Gasteiger partial charge in [-0.25, -0.2) is 13.1 Å². The molecule has 4 heteroatoms. The van der Waals surface area contributed by atoms with Gasteiger partial charge in [-0.05, 0) is 31.1 Å². The van der Waals surface area contributed by atoms with E-state index in [2.05, 4.69) is 4.72 Å². The topological polar surface area (TPSA) is 46.2 Å². The molecule has 0 bridgehead atoms. The molecule has 0 aromatic rings. The summed E-state index contributed by atoms with van der Waals surface area (Å²) >= 11 is 0. The van der Waals surface area contributed by atoms with Crippen LogP contribution < -0.4 is 4.72 Å². The molecule has 0 amide bonds. The van der Waals surface area contributed by atoms with Gasteiger partial charge in [-0.15, -0.1) is 0 Å². The van der Waals surface area contributed by atoms with E-state index < -0.39 is 10.0 Å². The van der Waals surface area contributed by atoms with Gasteiger partial charge in [-0.3, -0.25) is 0 Å². The van der Waals surface area contributed by atoms with Crippen LogP contribution >= 0.6 is 0 Å². The number of rotatable bonds is 2. The van der Waals surface area contributed by atoms with Crippen molar-refractivity contribution in [2.75, 3.05) is 6.26 Å². The van der Waals surface area contributed by atoms with Crippen LogP contribution in [-0.4, -0.2) is 20.7 Å². The fourth-order valence-corrected chi connectivity index (χ4v) is 2.91. The maximum absolute atomic E-state index is 10.8. The van der Waals surface area contributed by atoms with Gasteiger partial charge in [0.2, 0.25) is 10.0 Å². The minimum absolute atomic E-state index is 0.244. The zero-order valence-corrected chi connectivity index (χ0v) is 9.39. The average Bonchev–Trinajstić information content (AvgIpc) is 2.60. The van der Waals surface area contributed by atoms with Gasteiger partial charge in [-0.1, -0.05) is 13.8 Å². The second-order valence-corrected chi connectivity index (χ2v) is 5.59. The second-order valence-electron chi connectivity index (χ2n) is 3.81. The molecule has 2 aliphatic rings. The van der Waals surface area contributed by atoms with Gasteiger partial charge in [-0.2, -0.15) is 0 Å². The monoisotopic (exact) mass is 205 g/mol. The number of nitrogens with one attached hydrogen (secondary N) is 1. The third-order valence-electron chi connectivity index (χ3n) is 2.62. The Bertz CT molecular complexity index is 251. The lowest BCUT2D eigenvalue weighted by Crippen LogP contribution is -2.32. The van der Waals surface area contributed by atoms with Gasteiger partial charge in [0.05, 0.1) is 6.26 Å². The first-order chi connectivity index (χ1) is 6.04. The first kappa shape index (κ1) is 11.0. The van der Waals surface area contributed by atoms with Crippen molar-refractivity contribution in [1.82, 2.24) is 4.72 Å². The van der Waals surface area contributed by atoms with Crippen LogP contribution in [0.25, 0.3) is 0 Å². The molecule has 3 nitrogen and oxygen atoms in total. The van der Waals surface area contributed by atoms with E-state index in [-0.39, 0.29) is 6.04 Å². The smallest absolute Gasteiger partial charge is 0.208 e. The van der Waals surface area contributed by atoms with E-state index in [0.29, 0.717) is 0 Å². The Hall–Kier alpha value is -0.0900. The van der Waals surface area contributed by atoms with E-state index in [1.54, 1.807) is 0 Å². The van der Waals surface area contributed by atoms with E-state index in [4.69, 9.17) is 0 Å². The molecule has 2 rings (SSSR count). The van der Waals surface area contributed by atoms with Gasteiger partial charge in [0.1, 0.15) is 0 Å². The first-order valence-corrected chi connectivity index (χ1v) is 6.91. The molecule has 0 saturated heterocycles. The summed E-state index contributed by atoms with van der Waals surface area (Å²) in [5.74, 6) is 1.68. The molecule has 0 spiro atoms. The predicted molar refractivity (Wildman–Crippen MR) is 53.9 cm³/mol. The first-order valence-electron chi connectivity index (χ1n) is 5.02. The van der Waals surface area contributed by atoms with Gasteiger partial charge in [0.25, 0.3) is 0 Å². The van der Waals surface area contributed by atoms with Crippen molar-refractivity contribution in [3.8, 4) is 0 Å². The lowest BCUT2D eigenvalue weighted by Gasteiger charge is -2.11. The van der Waals surface area contributed by atoms with Crippen molar-refractivity contribution in [3.05, 3.63) is 0 Å². The highest BCUT2D eigenvalue weighted by Gasteiger charge is 2.46. The summed E-state index contributed by atoms with van der Waals surface area (Å²) in [7, 11) is -2.96. The van der Waals surface area contributed by atoms with Crippen LogP contribution in [0.5, 0.6) is 0 Å². The van der Waals surface area contributed by atoms with Crippen LogP contribution in [-0.2, 0) is 10.0 Å². The van der Waals surface area contributed by atoms with E-state index in [1.165, 1.54) is 12.7 Å². The zero-order chi connectivity index (χ0) is 10.1. The fraction of sp³-hybridized carbons (Fsp3) is 1.00. The Balaban J connectivity index is 0.000000396. The highest BCUT2D eigenvalue weighted by Crippen LogP contribution is 2.51. The van der Waals surface area contributed by atoms with E-state index in [0.717, 1.165) is 24.7 Å². The third kappa shape index (κ3) is 3.27. The summed E-state index contributed by atoms with van der Waals surface area (Å²) in [5, 5.41) is 0. The molecule has 2 atom stereocenters. The van der Waals surface area contributed by atoms with Crippen molar-refractivity contribution < 1.29 is 8.42 Å². The molecule has 78 valence electrons. The normalized spacial score (nSPS) is 36.1. The molecule has 2 aliphatic carbocycles. The lowest BCUT2D eigenvalue weighted by atomic mass is 10.2. The van der Waals surface area contributed by atoms with Crippen molar-refractivity contribution in [3.63, 3.8) is 0 Å². The molecule has 1 N–H and O–H groups in total. The quantitative estimate of drug-likeness (QED) is 0.740. The maximum atomic E-state index is 10.8. The number of hydrogen-bond donors (Lipinski definition) is 1. The molecule has 2 saturated carbocycles. The van der Waals surface area contributed by atoms with Crippen LogP contribution in [0.4, 0.5) is 0 Å². The molecule has 0 aliphatic heterocycles. The van der Waals surface area contributed by atoms with Crippen LogP contribution in [0.1, 0.15) is 33.1 Å². The summed E-state index contributed by atoms with van der Waals surface area (Å²) in [6.45, 7) is 4.00. The predicted octanol–water partition coefficient (Wildman–Crippen LogP) is 1.36. The standard InChI is InChI=1S/C7H13NO2S.C2H6/c1-11(9,10)8-7-3-5-2-6(5)4-7;1-2/h5-8H,2-4H2,1H3;1-2H3. The van der Waals surface area contributed by atoms with Gasteiger partial charge >= 0.3 is 0 Å². The van der Waals surface area contributed by atoms with Crippen LogP contribution in [0.3, 0.4) is 0 Å². The lowest BCUT2D eigenvalue weighted by molar-refractivity contribution is 0.531. The number of sulfonamides is 1. The van der Waals surface area contributed by atoms with Gasteiger partial charge in [0, 0.05) is 6.04 Å². The van der Waals surface area contributed by atoms with Crippen LogP contribution in [0, 0.1) is 11.8 Å². The molecular formula is C9H19NO2S. The molecule has 2 fully saturated rings. The minimum atomic E-state index is -2.96. The summed E-state index contributed by atoms with van der Waals surface area (Å²) < 4.78 is 24.2. The Morgan fingerprint density at radius 3 is 1.92 bits per heavy atom. The Labute approximate surface area is 81.0 Å². The highest BCUT2D eigenvalue weighted by molar-refractivity contribution is 7.88. The van der Waals surface area contributed by atoms with Crippen molar-refractivity contribution in [1.29, 1.82) is 0 Å². The average molecular weight is 205 g/mol. The van der Waals surface area contributed by atoms with Crippen molar-refractivity contribution in [2.24, 2.45) is 11.8 Å². The summed E-state index contributed by atoms with van der Waals surface area (Å²) in [4.78, 5) is 0. The maximum Gasteiger partial charge on any atom is 0.208 e. The summed E-state index contributed by atoms with van der Waals surface area (Å²) in [6, 6.07) is 0.244. The molecule has 13 heavy (non-hydrogen) atoms. The SMILES string of the molecule is CC.CS(=O)(=O)NC1CC2CC2C1. The number of fused-ring (bicyclic) bond motifs is 1. The van der Waals surface area contributed by atoms with E-state index in [9.17, 15) is 8.42 Å². The minimum Gasteiger partial charge on any atom is -0.213 e. The molecule has 0 aromatic heterocycles. The van der Waals surface area contributed by atoms with Crippen molar-refractivity contribution in [2.45, 2.75) is 39.2 Å². The Morgan fingerprint density at radius 2 is 1.54 bits per heavy atom. The Kier molecular flexibility index (Phi) is 3.35. The Morgan fingerprint density at radius 1 is 1.08 bits per heavy atom. The number of hydrogen-bond acceptors (Lipinski definition) is 2. The van der Waals surface area contributed by atoms with Crippen LogP contribution in [0.2, 0.25) is 0 Å². The molecule has 0 aromatic carbocycles. The largest absolute Gasteiger partial charge is 0.213 e. The third-order valence-corrected chi connectivity index (χ3v) is 3.39. The van der Waals surface area contributed by atoms with Crippen molar-refractivity contribution >= 4 is 10.0 Å². The molecule has 2 unspecified atom stereocenters. The summed E-state index contributed by atoms with van der Waals surface area (Å²) in [6.07, 6.45) is 4.70. The molecule has 0 heterocycles. The second kappa shape index (κ2) is 3.96. The summed E-state index contributed by atoms with van der Waals surface area (Å²) in [5.41, 5.74) is 0. The van der Waals surface area contributed by atoms with Crippen LogP contribution in [0.15, 0.2) is 0 Å². The van der Waals surface area contributed by atoms with Gasteiger partial charge in [0.15, 0.2) is 0 Å². The van der Waals surface area contributed by atoms with Gasteiger partial charge < -0.3 is 0 Å². The highest BCUT2D eigenvalue weighted by atomic mass is 32.2. The van der Waals surface area contributed by atoms with E-state index in [1.807, 2.05) is 13.8 Å². The molecular weight excluding hydrogens is 186 g/mol. The molecule has 0 radical (unpaired) electrons. The fourth-order valence-electron chi connectivity index (χ4n) is 2.11. The van der Waals surface area contributed by atoms with E-state index >= 15 is 0 Å². The zero-order valence-electron chi connectivity index (χ0n) is 8.58.